The standard InChI is InChI=1S/C26H21N3O2/c1-16-25-21-10-3-2-6-19(21)15-29(25)26(27-16)18-8-4-9-20(14-18)31-23-13-12-17-7-5-11-22(30)24(17)28-23/h2-14,16,25,30H,15H2,1H3/t16-,25+/m0/s1/i1D3. The second kappa shape index (κ2) is 6.84. The van der Waals surface area contributed by atoms with Crippen LogP contribution in [0.1, 0.15) is 33.7 Å². The molecule has 152 valence electrons. The van der Waals surface area contributed by atoms with Gasteiger partial charge in [-0.25, -0.2) is 4.98 Å². The van der Waals surface area contributed by atoms with Crippen molar-refractivity contribution in [2.45, 2.75) is 25.5 Å². The number of pyridine rings is 1. The number of hydrogen-bond acceptors (Lipinski definition) is 5. The zero-order chi connectivity index (χ0) is 23.4. The van der Waals surface area contributed by atoms with Gasteiger partial charge in [-0.05, 0) is 42.2 Å². The average molecular weight is 410 g/mol. The number of phenolic OH excluding ortho intramolecular Hbond substituents is 1. The van der Waals surface area contributed by atoms with Crippen LogP contribution in [0.5, 0.6) is 17.4 Å². The Morgan fingerprint density at radius 2 is 1.94 bits per heavy atom. The highest BCUT2D eigenvalue weighted by Gasteiger charge is 2.40. The molecular formula is C26H21N3O2. The first-order chi connectivity index (χ1) is 16.4. The highest BCUT2D eigenvalue weighted by atomic mass is 16.5. The van der Waals surface area contributed by atoms with E-state index in [1.807, 2.05) is 60.7 Å². The molecule has 0 amide bonds. The first kappa shape index (κ1) is 15.0. The fourth-order valence-electron chi connectivity index (χ4n) is 4.47. The maximum absolute atomic E-state index is 10.1. The minimum Gasteiger partial charge on any atom is -0.506 e. The Hall–Kier alpha value is -3.86. The maximum Gasteiger partial charge on any atom is 0.219 e. The number of rotatable bonds is 3. The van der Waals surface area contributed by atoms with Crippen molar-refractivity contribution in [3.8, 4) is 17.4 Å². The monoisotopic (exact) mass is 410 g/mol. The van der Waals surface area contributed by atoms with E-state index in [0.29, 0.717) is 29.5 Å². The summed E-state index contributed by atoms with van der Waals surface area (Å²) in [4.78, 5) is 11.2. The number of ether oxygens (including phenoxy) is 1. The Kier molecular flexibility index (Phi) is 3.31. The van der Waals surface area contributed by atoms with E-state index in [9.17, 15) is 5.11 Å². The molecule has 0 spiro atoms. The lowest BCUT2D eigenvalue weighted by Crippen LogP contribution is -2.27. The summed E-state index contributed by atoms with van der Waals surface area (Å²) in [6.07, 6.45) is 0. The summed E-state index contributed by atoms with van der Waals surface area (Å²) in [5, 5.41) is 10.9. The highest BCUT2D eigenvalue weighted by molar-refractivity contribution is 6.01. The lowest BCUT2D eigenvalue weighted by Gasteiger charge is -2.22. The van der Waals surface area contributed by atoms with Crippen LogP contribution >= 0.6 is 0 Å². The Morgan fingerprint density at radius 1 is 1.03 bits per heavy atom. The SMILES string of the molecule is [2H]C([2H])([2H])[C@@H]1N=C(c2cccc(Oc3ccc4cccc(O)c4n3)c2)N2Cc3ccccc3[C@@H]12. The lowest BCUT2D eigenvalue weighted by atomic mass is 10.0. The van der Waals surface area contributed by atoms with E-state index in [1.165, 1.54) is 0 Å². The van der Waals surface area contributed by atoms with E-state index < -0.39 is 12.9 Å². The van der Waals surface area contributed by atoms with Crippen molar-refractivity contribution in [3.05, 3.63) is 95.6 Å². The van der Waals surface area contributed by atoms with Crippen LogP contribution in [0.4, 0.5) is 0 Å². The first-order valence-electron chi connectivity index (χ1n) is 11.7. The third kappa shape index (κ3) is 2.93. The van der Waals surface area contributed by atoms with Crippen LogP contribution in [0.25, 0.3) is 10.9 Å². The van der Waals surface area contributed by atoms with E-state index in [-0.39, 0.29) is 11.8 Å². The fraction of sp³-hybridized carbons (Fsp3) is 0.154. The maximum atomic E-state index is 10.1. The molecule has 0 saturated carbocycles. The minimum absolute atomic E-state index is 0.0901. The Bertz CT molecular complexity index is 1450. The molecule has 3 aromatic carbocycles. The largest absolute Gasteiger partial charge is 0.506 e. The molecule has 0 bridgehead atoms. The summed E-state index contributed by atoms with van der Waals surface area (Å²) in [5.41, 5.74) is 3.40. The normalized spacial score (nSPS) is 21.1. The summed E-state index contributed by atoms with van der Waals surface area (Å²) < 4.78 is 30.3. The van der Waals surface area contributed by atoms with Gasteiger partial charge in [-0.15, -0.1) is 0 Å². The van der Waals surface area contributed by atoms with E-state index in [0.717, 1.165) is 22.1 Å². The molecule has 6 rings (SSSR count). The predicted octanol–water partition coefficient (Wildman–Crippen LogP) is 5.44. The van der Waals surface area contributed by atoms with E-state index in [1.54, 1.807) is 18.2 Å². The van der Waals surface area contributed by atoms with Crippen LogP contribution in [0, 0.1) is 0 Å². The molecule has 0 unspecified atom stereocenters. The van der Waals surface area contributed by atoms with Crippen molar-refractivity contribution >= 4 is 16.7 Å². The predicted molar refractivity (Wildman–Crippen MR) is 121 cm³/mol. The molecule has 5 nitrogen and oxygen atoms in total. The van der Waals surface area contributed by atoms with Gasteiger partial charge < -0.3 is 14.7 Å². The van der Waals surface area contributed by atoms with Crippen molar-refractivity contribution in [2.24, 2.45) is 4.99 Å². The van der Waals surface area contributed by atoms with Crippen molar-refractivity contribution in [2.75, 3.05) is 0 Å². The Labute approximate surface area is 184 Å². The summed E-state index contributed by atoms with van der Waals surface area (Å²) in [6, 6.07) is 23.1. The molecule has 2 aliphatic heterocycles. The molecule has 0 aliphatic carbocycles. The van der Waals surface area contributed by atoms with Gasteiger partial charge in [0.05, 0.1) is 12.1 Å². The molecule has 2 aliphatic rings. The fourth-order valence-corrected chi connectivity index (χ4v) is 4.47. The first-order valence-corrected chi connectivity index (χ1v) is 10.2. The van der Waals surface area contributed by atoms with Crippen LogP contribution in [0.15, 0.2) is 83.9 Å². The summed E-state index contributed by atoms with van der Waals surface area (Å²) in [5.74, 6) is 1.64. The van der Waals surface area contributed by atoms with E-state index in [4.69, 9.17) is 8.85 Å². The van der Waals surface area contributed by atoms with Gasteiger partial charge in [-0.1, -0.05) is 48.5 Å². The number of phenols is 1. The highest BCUT2D eigenvalue weighted by Crippen LogP contribution is 2.42. The number of aliphatic imine (C=N–C) groups is 1. The van der Waals surface area contributed by atoms with Crippen LogP contribution < -0.4 is 4.74 Å². The molecule has 31 heavy (non-hydrogen) atoms. The molecule has 0 fully saturated rings. The van der Waals surface area contributed by atoms with Gasteiger partial charge in [0.1, 0.15) is 22.9 Å². The zero-order valence-corrected chi connectivity index (χ0v) is 16.6. The number of amidine groups is 1. The number of nitrogens with zero attached hydrogens (tertiary/aromatic N) is 3. The van der Waals surface area contributed by atoms with Gasteiger partial charge in [0.15, 0.2) is 0 Å². The van der Waals surface area contributed by atoms with Crippen molar-refractivity contribution in [1.82, 2.24) is 9.88 Å². The van der Waals surface area contributed by atoms with Crippen LogP contribution in [0.2, 0.25) is 0 Å². The second-order valence-electron chi connectivity index (χ2n) is 7.80. The number of fused-ring (bicyclic) bond motifs is 4. The van der Waals surface area contributed by atoms with Gasteiger partial charge in [-0.3, -0.25) is 4.99 Å². The van der Waals surface area contributed by atoms with Crippen LogP contribution in [-0.2, 0) is 6.54 Å². The topological polar surface area (TPSA) is 58.0 Å². The summed E-state index contributed by atoms with van der Waals surface area (Å²) >= 11 is 0. The molecule has 1 N–H and O–H groups in total. The number of hydrogen-bond donors (Lipinski definition) is 1. The van der Waals surface area contributed by atoms with Gasteiger partial charge >= 0.3 is 0 Å². The Morgan fingerprint density at radius 3 is 2.87 bits per heavy atom. The van der Waals surface area contributed by atoms with Gasteiger partial charge in [0.2, 0.25) is 5.88 Å². The molecule has 4 aromatic rings. The third-order valence-electron chi connectivity index (χ3n) is 5.87. The third-order valence-corrected chi connectivity index (χ3v) is 5.87. The molecule has 0 radical (unpaired) electrons. The molecule has 2 atom stereocenters. The van der Waals surface area contributed by atoms with Crippen molar-refractivity contribution < 1.29 is 14.0 Å². The van der Waals surface area contributed by atoms with Gasteiger partial charge in [-0.2, -0.15) is 0 Å². The summed E-state index contributed by atoms with van der Waals surface area (Å²) in [6.45, 7) is -1.60. The van der Waals surface area contributed by atoms with Gasteiger partial charge in [0, 0.05) is 27.7 Å². The molecular weight excluding hydrogens is 386 g/mol. The molecule has 0 saturated heterocycles. The van der Waals surface area contributed by atoms with E-state index in [2.05, 4.69) is 14.9 Å². The minimum atomic E-state index is -2.22. The van der Waals surface area contributed by atoms with Crippen LogP contribution in [0.3, 0.4) is 0 Å². The quantitative estimate of drug-likeness (QED) is 0.489. The molecule has 1 aromatic heterocycles. The molecule has 3 heterocycles. The van der Waals surface area contributed by atoms with Crippen molar-refractivity contribution in [1.29, 1.82) is 0 Å². The van der Waals surface area contributed by atoms with Crippen molar-refractivity contribution in [3.63, 3.8) is 0 Å². The zero-order valence-electron chi connectivity index (χ0n) is 19.6. The average Bonchev–Trinajstić information content (AvgIpc) is 3.37. The lowest BCUT2D eigenvalue weighted by molar-refractivity contribution is 0.347. The number of para-hydroxylation sites is 1. The molecule has 5 heteroatoms. The number of aromatic hydroxyl groups is 1. The Balaban J connectivity index is 1.35. The number of aromatic nitrogens is 1. The number of benzene rings is 3. The smallest absolute Gasteiger partial charge is 0.219 e. The van der Waals surface area contributed by atoms with Crippen LogP contribution in [-0.4, -0.2) is 26.9 Å². The summed E-state index contributed by atoms with van der Waals surface area (Å²) in [7, 11) is 0. The second-order valence-corrected chi connectivity index (χ2v) is 7.80. The van der Waals surface area contributed by atoms with Gasteiger partial charge in [0.25, 0.3) is 0 Å². The van der Waals surface area contributed by atoms with E-state index >= 15 is 0 Å².